The molecule has 1 aliphatic rings. The summed E-state index contributed by atoms with van der Waals surface area (Å²) in [6, 6.07) is 14.3. The van der Waals surface area contributed by atoms with E-state index in [9.17, 15) is 9.59 Å². The predicted molar refractivity (Wildman–Crippen MR) is 97.0 cm³/mol. The summed E-state index contributed by atoms with van der Waals surface area (Å²) in [5.74, 6) is 0.414. The second kappa shape index (κ2) is 7.38. The first-order valence-electron chi connectivity index (χ1n) is 8.50. The number of hydrogen-bond acceptors (Lipinski definition) is 3. The van der Waals surface area contributed by atoms with Gasteiger partial charge in [-0.15, -0.1) is 0 Å². The quantitative estimate of drug-likeness (QED) is 0.912. The van der Waals surface area contributed by atoms with Crippen LogP contribution in [0.25, 0.3) is 0 Å². The molecule has 0 saturated carbocycles. The number of hydrogen-bond donors (Lipinski definition) is 1. The van der Waals surface area contributed by atoms with Crippen molar-refractivity contribution in [1.29, 1.82) is 0 Å². The summed E-state index contributed by atoms with van der Waals surface area (Å²) in [7, 11) is 0. The van der Waals surface area contributed by atoms with Crippen molar-refractivity contribution in [3.63, 3.8) is 0 Å². The third-order valence-corrected chi connectivity index (χ3v) is 4.28. The van der Waals surface area contributed by atoms with Gasteiger partial charge in [0.25, 0.3) is 5.91 Å². The predicted octanol–water partition coefficient (Wildman–Crippen LogP) is 2.93. The SMILES string of the molecule is CCOc1ccc(C(=O)N[C@@H]2CCN(c3ccc(C)cc3)C2=O)cc1. The van der Waals surface area contributed by atoms with Crippen LogP contribution < -0.4 is 15.0 Å². The fourth-order valence-corrected chi connectivity index (χ4v) is 2.91. The molecule has 25 heavy (non-hydrogen) atoms. The number of nitrogens with one attached hydrogen (secondary N) is 1. The zero-order chi connectivity index (χ0) is 17.8. The van der Waals surface area contributed by atoms with Crippen LogP contribution in [0.15, 0.2) is 48.5 Å². The third kappa shape index (κ3) is 3.82. The normalized spacial score (nSPS) is 16.8. The maximum absolute atomic E-state index is 12.6. The van der Waals surface area contributed by atoms with Gasteiger partial charge in [-0.05, 0) is 56.7 Å². The van der Waals surface area contributed by atoms with Crippen LogP contribution in [-0.2, 0) is 4.79 Å². The minimum Gasteiger partial charge on any atom is -0.494 e. The Bertz CT molecular complexity index is 754. The molecule has 2 aromatic carbocycles. The van der Waals surface area contributed by atoms with Gasteiger partial charge in [-0.1, -0.05) is 17.7 Å². The van der Waals surface area contributed by atoms with Crippen molar-refractivity contribution in [2.45, 2.75) is 26.3 Å². The molecule has 0 bridgehead atoms. The van der Waals surface area contributed by atoms with Gasteiger partial charge in [0, 0.05) is 17.8 Å². The number of aryl methyl sites for hydroxylation is 1. The molecule has 0 aromatic heterocycles. The van der Waals surface area contributed by atoms with Gasteiger partial charge in [0.05, 0.1) is 6.61 Å². The number of ether oxygens (including phenoxy) is 1. The number of nitrogens with zero attached hydrogens (tertiary/aromatic N) is 1. The Hall–Kier alpha value is -2.82. The van der Waals surface area contributed by atoms with Gasteiger partial charge in [-0.25, -0.2) is 0 Å². The maximum Gasteiger partial charge on any atom is 0.251 e. The number of amides is 2. The third-order valence-electron chi connectivity index (χ3n) is 4.28. The molecule has 1 heterocycles. The Morgan fingerprint density at radius 3 is 2.48 bits per heavy atom. The Morgan fingerprint density at radius 2 is 1.84 bits per heavy atom. The topological polar surface area (TPSA) is 58.6 Å². The Balaban J connectivity index is 1.64. The van der Waals surface area contributed by atoms with Crippen LogP contribution >= 0.6 is 0 Å². The smallest absolute Gasteiger partial charge is 0.251 e. The summed E-state index contributed by atoms with van der Waals surface area (Å²) >= 11 is 0. The Labute approximate surface area is 147 Å². The summed E-state index contributed by atoms with van der Waals surface area (Å²) < 4.78 is 5.37. The van der Waals surface area contributed by atoms with Crippen molar-refractivity contribution >= 4 is 17.5 Å². The van der Waals surface area contributed by atoms with Crippen molar-refractivity contribution in [3.05, 3.63) is 59.7 Å². The molecule has 0 aliphatic carbocycles. The van der Waals surface area contributed by atoms with E-state index in [0.717, 1.165) is 17.0 Å². The van der Waals surface area contributed by atoms with E-state index in [-0.39, 0.29) is 11.8 Å². The lowest BCUT2D eigenvalue weighted by molar-refractivity contribution is -0.118. The van der Waals surface area contributed by atoms with Crippen LogP contribution in [0, 0.1) is 6.92 Å². The average molecular weight is 338 g/mol. The molecule has 1 aliphatic heterocycles. The number of carbonyl (C=O) groups excluding carboxylic acids is 2. The van der Waals surface area contributed by atoms with Crippen molar-refractivity contribution in [3.8, 4) is 5.75 Å². The Morgan fingerprint density at radius 1 is 1.16 bits per heavy atom. The molecule has 130 valence electrons. The molecule has 0 spiro atoms. The van der Waals surface area contributed by atoms with E-state index in [2.05, 4.69) is 5.32 Å². The van der Waals surface area contributed by atoms with E-state index in [4.69, 9.17) is 4.74 Å². The highest BCUT2D eigenvalue weighted by atomic mass is 16.5. The summed E-state index contributed by atoms with van der Waals surface area (Å²) in [5.41, 5.74) is 2.54. The van der Waals surface area contributed by atoms with Crippen molar-refractivity contribution in [2.75, 3.05) is 18.1 Å². The summed E-state index contributed by atoms with van der Waals surface area (Å²) in [4.78, 5) is 26.7. The average Bonchev–Trinajstić information content (AvgIpc) is 2.97. The van der Waals surface area contributed by atoms with Gasteiger partial charge in [0.15, 0.2) is 0 Å². The van der Waals surface area contributed by atoms with Crippen molar-refractivity contribution in [1.82, 2.24) is 5.32 Å². The zero-order valence-corrected chi connectivity index (χ0v) is 14.5. The second-order valence-corrected chi connectivity index (χ2v) is 6.10. The molecule has 0 radical (unpaired) electrons. The highest BCUT2D eigenvalue weighted by Gasteiger charge is 2.33. The van der Waals surface area contributed by atoms with E-state index in [1.807, 2.05) is 38.1 Å². The molecule has 2 amide bonds. The molecular weight excluding hydrogens is 316 g/mol. The van der Waals surface area contributed by atoms with Crippen molar-refractivity contribution < 1.29 is 14.3 Å². The van der Waals surface area contributed by atoms with E-state index in [0.29, 0.717) is 25.1 Å². The monoisotopic (exact) mass is 338 g/mol. The Kier molecular flexibility index (Phi) is 5.03. The second-order valence-electron chi connectivity index (χ2n) is 6.10. The molecule has 1 N–H and O–H groups in total. The minimum absolute atomic E-state index is 0.0665. The van der Waals surface area contributed by atoms with Crippen LogP contribution in [0.5, 0.6) is 5.75 Å². The van der Waals surface area contributed by atoms with E-state index >= 15 is 0 Å². The summed E-state index contributed by atoms with van der Waals surface area (Å²) in [5, 5.41) is 2.84. The van der Waals surface area contributed by atoms with E-state index in [1.54, 1.807) is 29.2 Å². The first kappa shape index (κ1) is 17.0. The lowest BCUT2D eigenvalue weighted by atomic mass is 10.1. The first-order chi connectivity index (χ1) is 12.1. The van der Waals surface area contributed by atoms with Gasteiger partial charge in [-0.2, -0.15) is 0 Å². The fraction of sp³-hybridized carbons (Fsp3) is 0.300. The molecule has 0 unspecified atom stereocenters. The number of rotatable bonds is 5. The number of carbonyl (C=O) groups is 2. The highest BCUT2D eigenvalue weighted by Crippen LogP contribution is 2.22. The zero-order valence-electron chi connectivity index (χ0n) is 14.5. The van der Waals surface area contributed by atoms with Crippen LogP contribution in [0.4, 0.5) is 5.69 Å². The van der Waals surface area contributed by atoms with Gasteiger partial charge < -0.3 is 15.0 Å². The molecule has 2 aromatic rings. The molecule has 5 heteroatoms. The van der Waals surface area contributed by atoms with Crippen molar-refractivity contribution in [2.24, 2.45) is 0 Å². The summed E-state index contributed by atoms with van der Waals surface area (Å²) in [6.45, 7) is 5.11. The lowest BCUT2D eigenvalue weighted by Crippen LogP contribution is -2.41. The largest absolute Gasteiger partial charge is 0.494 e. The van der Waals surface area contributed by atoms with Gasteiger partial charge >= 0.3 is 0 Å². The number of anilines is 1. The molecule has 3 rings (SSSR count). The van der Waals surface area contributed by atoms with Gasteiger partial charge in [-0.3, -0.25) is 9.59 Å². The van der Waals surface area contributed by atoms with Crippen LogP contribution in [0.3, 0.4) is 0 Å². The standard InChI is InChI=1S/C20H22N2O3/c1-3-25-17-10-6-15(7-11-17)19(23)21-18-12-13-22(20(18)24)16-8-4-14(2)5-9-16/h4-11,18H,3,12-13H2,1-2H3,(H,21,23)/t18-/m1/s1. The summed E-state index contributed by atoms with van der Waals surface area (Å²) in [6.07, 6.45) is 0.607. The first-order valence-corrected chi connectivity index (χ1v) is 8.50. The van der Waals surface area contributed by atoms with E-state index in [1.165, 1.54) is 0 Å². The highest BCUT2D eigenvalue weighted by molar-refractivity contribution is 6.03. The van der Waals surface area contributed by atoms with Crippen LogP contribution in [0.2, 0.25) is 0 Å². The molecular formula is C20H22N2O3. The minimum atomic E-state index is -0.486. The van der Waals surface area contributed by atoms with Crippen LogP contribution in [0.1, 0.15) is 29.3 Å². The molecule has 1 saturated heterocycles. The maximum atomic E-state index is 12.6. The molecule has 1 fully saturated rings. The lowest BCUT2D eigenvalue weighted by Gasteiger charge is -2.17. The van der Waals surface area contributed by atoms with Gasteiger partial charge in [0.2, 0.25) is 5.91 Å². The molecule has 1 atom stereocenters. The number of benzene rings is 2. The fourth-order valence-electron chi connectivity index (χ4n) is 2.91. The van der Waals surface area contributed by atoms with E-state index < -0.39 is 6.04 Å². The molecule has 5 nitrogen and oxygen atoms in total. The van der Waals surface area contributed by atoms with Gasteiger partial charge in [0.1, 0.15) is 11.8 Å². The van der Waals surface area contributed by atoms with Crippen LogP contribution in [-0.4, -0.2) is 31.0 Å².